The summed E-state index contributed by atoms with van der Waals surface area (Å²) >= 11 is 0. The molecule has 1 aromatic rings. The van der Waals surface area contributed by atoms with Crippen molar-refractivity contribution in [1.29, 1.82) is 0 Å². The van der Waals surface area contributed by atoms with E-state index in [2.05, 4.69) is 57.2 Å². The first kappa shape index (κ1) is 18.0. The molecule has 0 amide bonds. The molecular weight excluding hydrogens is 282 g/mol. The fourth-order valence-corrected chi connectivity index (χ4v) is 3.62. The van der Waals surface area contributed by atoms with Crippen LogP contribution in [0, 0.1) is 5.41 Å². The van der Waals surface area contributed by atoms with Crippen LogP contribution in [-0.4, -0.2) is 13.7 Å². The Morgan fingerprint density at radius 1 is 1.30 bits per heavy atom. The molecule has 0 aromatic heterocycles. The van der Waals surface area contributed by atoms with Crippen LogP contribution < -0.4 is 5.73 Å². The molecule has 126 valence electrons. The van der Waals surface area contributed by atoms with Gasteiger partial charge in [-0.05, 0) is 67.3 Å². The topological polar surface area (TPSA) is 35.2 Å². The Balaban J connectivity index is 2.23. The van der Waals surface area contributed by atoms with E-state index >= 15 is 0 Å². The zero-order valence-electron chi connectivity index (χ0n) is 15.1. The summed E-state index contributed by atoms with van der Waals surface area (Å²) in [4.78, 5) is 0. The lowest BCUT2D eigenvalue weighted by Gasteiger charge is -2.32. The predicted molar refractivity (Wildman–Crippen MR) is 99.2 cm³/mol. The molecule has 1 unspecified atom stereocenters. The van der Waals surface area contributed by atoms with Gasteiger partial charge in [0.2, 0.25) is 0 Å². The Bertz CT molecular complexity index is 583. The van der Waals surface area contributed by atoms with Crippen molar-refractivity contribution in [3.8, 4) is 0 Å². The van der Waals surface area contributed by atoms with Crippen molar-refractivity contribution in [2.24, 2.45) is 11.1 Å². The molecule has 0 fully saturated rings. The first-order chi connectivity index (χ1) is 11.0. The summed E-state index contributed by atoms with van der Waals surface area (Å²) in [7, 11) is 1.75. The van der Waals surface area contributed by atoms with Crippen LogP contribution in [0.15, 0.2) is 41.5 Å². The molecule has 0 spiro atoms. The molecule has 1 aliphatic carbocycles. The van der Waals surface area contributed by atoms with Crippen LogP contribution in [0.4, 0.5) is 0 Å². The highest BCUT2D eigenvalue weighted by atomic mass is 16.5. The Labute approximate surface area is 141 Å². The van der Waals surface area contributed by atoms with Gasteiger partial charge in [-0.1, -0.05) is 49.8 Å². The number of nitrogens with two attached hydrogens (primary N) is 1. The van der Waals surface area contributed by atoms with Gasteiger partial charge in [-0.25, -0.2) is 0 Å². The fourth-order valence-electron chi connectivity index (χ4n) is 3.62. The monoisotopic (exact) mass is 313 g/mol. The molecule has 2 nitrogen and oxygen atoms in total. The van der Waals surface area contributed by atoms with Crippen molar-refractivity contribution in [3.05, 3.63) is 52.6 Å². The molecule has 2 rings (SSSR count). The van der Waals surface area contributed by atoms with Gasteiger partial charge in [0, 0.05) is 7.11 Å². The number of hydrogen-bond donors (Lipinski definition) is 1. The van der Waals surface area contributed by atoms with Crippen molar-refractivity contribution in [2.45, 2.75) is 52.6 Å². The van der Waals surface area contributed by atoms with Crippen molar-refractivity contribution in [2.75, 3.05) is 13.7 Å². The lowest BCUT2D eigenvalue weighted by atomic mass is 9.72. The average molecular weight is 313 g/mol. The molecule has 0 bridgehead atoms. The standard InChI is InChI=1S/C21H31NO/c1-16-7-6-13-21(2,3)19(16)11-10-17-8-5-9-18(15-17)20(23-4)12-14-22/h5,8-11,15,20H,6-7,12-14,22H2,1-4H3. The third kappa shape index (κ3) is 4.55. The van der Waals surface area contributed by atoms with Crippen molar-refractivity contribution in [1.82, 2.24) is 0 Å². The zero-order chi connectivity index (χ0) is 16.9. The van der Waals surface area contributed by atoms with E-state index in [-0.39, 0.29) is 11.5 Å². The maximum Gasteiger partial charge on any atom is 0.0833 e. The van der Waals surface area contributed by atoms with Gasteiger partial charge in [-0.3, -0.25) is 0 Å². The lowest BCUT2D eigenvalue weighted by molar-refractivity contribution is 0.0978. The Kier molecular flexibility index (Phi) is 6.20. The Morgan fingerprint density at radius 2 is 2.09 bits per heavy atom. The highest BCUT2D eigenvalue weighted by Crippen LogP contribution is 2.41. The fraction of sp³-hybridized carbons (Fsp3) is 0.524. The molecule has 0 aliphatic heterocycles. The van der Waals surface area contributed by atoms with Gasteiger partial charge in [-0.15, -0.1) is 0 Å². The largest absolute Gasteiger partial charge is 0.377 e. The minimum absolute atomic E-state index is 0.0837. The normalized spacial score (nSPS) is 19.3. The van der Waals surface area contributed by atoms with Crippen LogP contribution >= 0.6 is 0 Å². The van der Waals surface area contributed by atoms with E-state index in [0.717, 1.165) is 6.42 Å². The summed E-state index contributed by atoms with van der Waals surface area (Å²) in [6.07, 6.45) is 9.29. The quantitative estimate of drug-likeness (QED) is 0.777. The molecule has 1 aromatic carbocycles. The highest BCUT2D eigenvalue weighted by Gasteiger charge is 2.26. The third-order valence-electron chi connectivity index (χ3n) is 4.98. The number of allylic oxidation sites excluding steroid dienone is 3. The van der Waals surface area contributed by atoms with E-state index in [1.54, 1.807) is 7.11 Å². The Morgan fingerprint density at radius 3 is 2.74 bits per heavy atom. The summed E-state index contributed by atoms with van der Waals surface area (Å²) in [5.74, 6) is 0. The second-order valence-corrected chi connectivity index (χ2v) is 7.24. The van der Waals surface area contributed by atoms with Crippen LogP contribution in [0.3, 0.4) is 0 Å². The summed E-state index contributed by atoms with van der Waals surface area (Å²) < 4.78 is 5.56. The van der Waals surface area contributed by atoms with Crippen LogP contribution in [-0.2, 0) is 4.74 Å². The van der Waals surface area contributed by atoms with Crippen molar-refractivity contribution >= 4 is 6.08 Å². The second-order valence-electron chi connectivity index (χ2n) is 7.24. The van der Waals surface area contributed by atoms with E-state index < -0.39 is 0 Å². The maximum atomic E-state index is 5.68. The number of ether oxygens (including phenoxy) is 1. The van der Waals surface area contributed by atoms with Crippen molar-refractivity contribution < 1.29 is 4.74 Å². The maximum absolute atomic E-state index is 5.68. The average Bonchev–Trinajstić information content (AvgIpc) is 2.52. The van der Waals surface area contributed by atoms with Crippen LogP contribution in [0.2, 0.25) is 0 Å². The summed E-state index contributed by atoms with van der Waals surface area (Å²) in [5.41, 5.74) is 11.4. The molecule has 1 aliphatic rings. The summed E-state index contributed by atoms with van der Waals surface area (Å²) in [6, 6.07) is 8.59. The summed E-state index contributed by atoms with van der Waals surface area (Å²) in [5, 5.41) is 0. The van der Waals surface area contributed by atoms with Crippen LogP contribution in [0.25, 0.3) is 6.08 Å². The molecule has 2 heteroatoms. The molecular formula is C21H31NO. The van der Waals surface area contributed by atoms with Crippen LogP contribution in [0.5, 0.6) is 0 Å². The van der Waals surface area contributed by atoms with Gasteiger partial charge in [-0.2, -0.15) is 0 Å². The summed E-state index contributed by atoms with van der Waals surface area (Å²) in [6.45, 7) is 7.62. The van der Waals surface area contributed by atoms with Gasteiger partial charge < -0.3 is 10.5 Å². The van der Waals surface area contributed by atoms with Gasteiger partial charge in [0.05, 0.1) is 6.10 Å². The SMILES string of the molecule is COC(CCN)c1cccc(C=CC2=C(C)CCCC2(C)C)c1. The Hall–Kier alpha value is -1.38. The molecule has 2 N–H and O–H groups in total. The van der Waals surface area contributed by atoms with E-state index in [1.807, 2.05) is 0 Å². The first-order valence-corrected chi connectivity index (χ1v) is 8.69. The third-order valence-corrected chi connectivity index (χ3v) is 4.98. The van der Waals surface area contributed by atoms with Crippen molar-refractivity contribution in [3.63, 3.8) is 0 Å². The number of methoxy groups -OCH3 is 1. The van der Waals surface area contributed by atoms with E-state index in [9.17, 15) is 0 Å². The zero-order valence-corrected chi connectivity index (χ0v) is 15.1. The van der Waals surface area contributed by atoms with Gasteiger partial charge >= 0.3 is 0 Å². The predicted octanol–water partition coefficient (Wildman–Crippen LogP) is 5.26. The molecule has 0 saturated carbocycles. The van der Waals surface area contributed by atoms with Crippen LogP contribution in [0.1, 0.15) is 63.7 Å². The van der Waals surface area contributed by atoms with E-state index in [1.165, 1.54) is 41.5 Å². The second kappa shape index (κ2) is 7.94. The molecule has 23 heavy (non-hydrogen) atoms. The molecule has 0 radical (unpaired) electrons. The van der Waals surface area contributed by atoms with E-state index in [0.29, 0.717) is 6.54 Å². The van der Waals surface area contributed by atoms with Gasteiger partial charge in [0.1, 0.15) is 0 Å². The first-order valence-electron chi connectivity index (χ1n) is 8.69. The molecule has 0 heterocycles. The number of benzene rings is 1. The minimum atomic E-state index is 0.0837. The van der Waals surface area contributed by atoms with Gasteiger partial charge in [0.15, 0.2) is 0 Å². The number of hydrogen-bond acceptors (Lipinski definition) is 2. The smallest absolute Gasteiger partial charge is 0.0833 e. The minimum Gasteiger partial charge on any atom is -0.377 e. The molecule has 0 saturated heterocycles. The lowest BCUT2D eigenvalue weighted by Crippen LogP contribution is -2.18. The highest BCUT2D eigenvalue weighted by molar-refractivity contribution is 5.55. The van der Waals surface area contributed by atoms with Gasteiger partial charge in [0.25, 0.3) is 0 Å². The molecule has 1 atom stereocenters. The van der Waals surface area contributed by atoms with E-state index in [4.69, 9.17) is 10.5 Å². The number of rotatable bonds is 6.